The van der Waals surface area contributed by atoms with Crippen LogP contribution in [0.1, 0.15) is 53.4 Å². The molecular formula is C12H25NO2. The topological polar surface area (TPSA) is 38.3 Å². The zero-order chi connectivity index (χ0) is 11.7. The number of hydrogen-bond donors (Lipinski definition) is 1. The second-order valence-corrected chi connectivity index (χ2v) is 4.39. The molecule has 15 heavy (non-hydrogen) atoms. The Labute approximate surface area is 93.6 Å². The maximum atomic E-state index is 10.6. The molecule has 0 aliphatic carbocycles. The van der Waals surface area contributed by atoms with Gasteiger partial charge in [-0.15, -0.1) is 0 Å². The zero-order valence-electron chi connectivity index (χ0n) is 10.5. The summed E-state index contributed by atoms with van der Waals surface area (Å²) in [5.74, 6) is 0.225. The molecular weight excluding hydrogens is 190 g/mol. The van der Waals surface area contributed by atoms with Gasteiger partial charge in [0.15, 0.2) is 0 Å². The molecule has 0 unspecified atom stereocenters. The van der Waals surface area contributed by atoms with Crippen molar-refractivity contribution in [3.63, 3.8) is 0 Å². The highest BCUT2D eigenvalue weighted by Gasteiger charge is 2.03. The van der Waals surface area contributed by atoms with Crippen molar-refractivity contribution in [1.29, 1.82) is 0 Å². The Hall–Kier alpha value is -0.570. The van der Waals surface area contributed by atoms with Crippen LogP contribution in [0, 0.1) is 0 Å². The highest BCUT2D eigenvalue weighted by Crippen LogP contribution is 2.02. The third-order valence-electron chi connectivity index (χ3n) is 1.95. The molecule has 1 N–H and O–H groups in total. The van der Waals surface area contributed by atoms with Crippen molar-refractivity contribution in [2.75, 3.05) is 6.54 Å². The molecule has 0 bridgehead atoms. The Morgan fingerprint density at radius 3 is 2.13 bits per heavy atom. The van der Waals surface area contributed by atoms with E-state index in [9.17, 15) is 4.79 Å². The smallest absolute Gasteiger partial charge is 0.219 e. The molecule has 1 amide bonds. The Balaban J connectivity index is 0.000000265. The van der Waals surface area contributed by atoms with Crippen molar-refractivity contribution >= 4 is 5.91 Å². The SMILES string of the molecule is CC(C)OC(C)C.O=C1CCCCCN1. The molecule has 1 heterocycles. The Morgan fingerprint density at radius 2 is 1.67 bits per heavy atom. The largest absolute Gasteiger partial charge is 0.376 e. The minimum atomic E-state index is 0.225. The van der Waals surface area contributed by atoms with Gasteiger partial charge < -0.3 is 10.1 Å². The molecule has 3 nitrogen and oxygen atoms in total. The van der Waals surface area contributed by atoms with Crippen LogP contribution in [0.3, 0.4) is 0 Å². The predicted molar refractivity (Wildman–Crippen MR) is 62.8 cm³/mol. The summed E-state index contributed by atoms with van der Waals surface area (Å²) < 4.78 is 5.25. The van der Waals surface area contributed by atoms with Gasteiger partial charge in [0.2, 0.25) is 5.91 Å². The molecule has 1 fully saturated rings. The van der Waals surface area contributed by atoms with Crippen LogP contribution < -0.4 is 5.32 Å². The number of rotatable bonds is 2. The summed E-state index contributed by atoms with van der Waals surface area (Å²) in [6.07, 6.45) is 4.93. The molecule has 0 spiro atoms. The van der Waals surface area contributed by atoms with E-state index in [1.165, 1.54) is 6.42 Å². The Bertz CT molecular complexity index is 151. The van der Waals surface area contributed by atoms with Gasteiger partial charge in [0.05, 0.1) is 12.2 Å². The lowest BCUT2D eigenvalue weighted by Gasteiger charge is -2.09. The second-order valence-electron chi connectivity index (χ2n) is 4.39. The predicted octanol–water partition coefficient (Wildman–Crippen LogP) is 2.50. The van der Waals surface area contributed by atoms with Crippen LogP contribution in [0.25, 0.3) is 0 Å². The van der Waals surface area contributed by atoms with Crippen molar-refractivity contribution in [2.45, 2.75) is 65.6 Å². The minimum Gasteiger partial charge on any atom is -0.376 e. The maximum Gasteiger partial charge on any atom is 0.219 e. The van der Waals surface area contributed by atoms with E-state index in [-0.39, 0.29) is 5.91 Å². The first-order chi connectivity index (χ1) is 7.02. The summed E-state index contributed by atoms with van der Waals surface area (Å²) in [4.78, 5) is 10.6. The first-order valence-corrected chi connectivity index (χ1v) is 5.94. The highest BCUT2D eigenvalue weighted by atomic mass is 16.5. The monoisotopic (exact) mass is 215 g/mol. The molecule has 1 aliphatic heterocycles. The lowest BCUT2D eigenvalue weighted by molar-refractivity contribution is -0.120. The van der Waals surface area contributed by atoms with E-state index in [0.29, 0.717) is 12.2 Å². The molecule has 90 valence electrons. The summed E-state index contributed by atoms with van der Waals surface area (Å²) in [7, 11) is 0. The van der Waals surface area contributed by atoms with Crippen LogP contribution in [0.5, 0.6) is 0 Å². The molecule has 0 aromatic heterocycles. The first kappa shape index (κ1) is 14.4. The number of carbonyl (C=O) groups is 1. The van der Waals surface area contributed by atoms with Gasteiger partial charge in [-0.3, -0.25) is 4.79 Å². The molecule has 0 radical (unpaired) electrons. The lowest BCUT2D eigenvalue weighted by Crippen LogP contribution is -2.21. The minimum absolute atomic E-state index is 0.225. The summed E-state index contributed by atoms with van der Waals surface area (Å²) in [6.45, 7) is 9.05. The summed E-state index contributed by atoms with van der Waals surface area (Å²) in [6, 6.07) is 0. The lowest BCUT2D eigenvalue weighted by atomic mass is 10.2. The fraction of sp³-hybridized carbons (Fsp3) is 0.917. The van der Waals surface area contributed by atoms with Gasteiger partial charge in [-0.05, 0) is 40.5 Å². The quantitative estimate of drug-likeness (QED) is 0.768. The van der Waals surface area contributed by atoms with E-state index < -0.39 is 0 Å². The number of carbonyl (C=O) groups excluding carboxylic acids is 1. The van der Waals surface area contributed by atoms with E-state index in [0.717, 1.165) is 25.8 Å². The van der Waals surface area contributed by atoms with Crippen molar-refractivity contribution < 1.29 is 9.53 Å². The van der Waals surface area contributed by atoms with Crippen LogP contribution in [0.2, 0.25) is 0 Å². The van der Waals surface area contributed by atoms with E-state index in [2.05, 4.69) is 5.32 Å². The second kappa shape index (κ2) is 8.72. The third kappa shape index (κ3) is 11.4. The molecule has 0 saturated carbocycles. The number of ether oxygens (including phenoxy) is 1. The maximum absolute atomic E-state index is 10.6. The zero-order valence-corrected chi connectivity index (χ0v) is 10.5. The van der Waals surface area contributed by atoms with Crippen molar-refractivity contribution in [3.05, 3.63) is 0 Å². The van der Waals surface area contributed by atoms with Crippen molar-refractivity contribution in [2.24, 2.45) is 0 Å². The van der Waals surface area contributed by atoms with E-state index in [1.807, 2.05) is 27.7 Å². The van der Waals surface area contributed by atoms with E-state index in [4.69, 9.17) is 4.74 Å². The van der Waals surface area contributed by atoms with Gasteiger partial charge in [0, 0.05) is 13.0 Å². The fourth-order valence-corrected chi connectivity index (χ4v) is 1.45. The molecule has 1 rings (SSSR count). The van der Waals surface area contributed by atoms with Gasteiger partial charge >= 0.3 is 0 Å². The van der Waals surface area contributed by atoms with Gasteiger partial charge in [0.1, 0.15) is 0 Å². The van der Waals surface area contributed by atoms with E-state index in [1.54, 1.807) is 0 Å². The van der Waals surface area contributed by atoms with Crippen LogP contribution in [-0.4, -0.2) is 24.7 Å². The Morgan fingerprint density at radius 1 is 1.07 bits per heavy atom. The Kier molecular flexibility index (Phi) is 8.38. The number of nitrogens with one attached hydrogen (secondary N) is 1. The van der Waals surface area contributed by atoms with Gasteiger partial charge in [-0.1, -0.05) is 6.42 Å². The van der Waals surface area contributed by atoms with Gasteiger partial charge in [0.25, 0.3) is 0 Å². The van der Waals surface area contributed by atoms with Crippen LogP contribution in [0.15, 0.2) is 0 Å². The van der Waals surface area contributed by atoms with E-state index >= 15 is 0 Å². The number of hydrogen-bond acceptors (Lipinski definition) is 2. The summed E-state index contributed by atoms with van der Waals surface area (Å²) in [5, 5.41) is 2.81. The summed E-state index contributed by atoms with van der Waals surface area (Å²) >= 11 is 0. The molecule has 1 aliphatic rings. The van der Waals surface area contributed by atoms with Gasteiger partial charge in [-0.25, -0.2) is 0 Å². The molecule has 0 aromatic carbocycles. The van der Waals surface area contributed by atoms with Crippen molar-refractivity contribution in [1.82, 2.24) is 5.32 Å². The molecule has 1 saturated heterocycles. The summed E-state index contributed by atoms with van der Waals surface area (Å²) in [5.41, 5.74) is 0. The average molecular weight is 215 g/mol. The average Bonchev–Trinajstić information content (AvgIpc) is 2.30. The fourth-order valence-electron chi connectivity index (χ4n) is 1.45. The van der Waals surface area contributed by atoms with Crippen LogP contribution >= 0.6 is 0 Å². The standard InChI is InChI=1S/C6H11NO.C6H14O/c8-6-4-2-1-3-5-7-6;1-5(2)7-6(3)4/h1-5H2,(H,7,8);5-6H,1-4H3. The first-order valence-electron chi connectivity index (χ1n) is 5.94. The van der Waals surface area contributed by atoms with Gasteiger partial charge in [-0.2, -0.15) is 0 Å². The highest BCUT2D eigenvalue weighted by molar-refractivity contribution is 5.75. The third-order valence-corrected chi connectivity index (χ3v) is 1.95. The van der Waals surface area contributed by atoms with Crippen LogP contribution in [-0.2, 0) is 9.53 Å². The van der Waals surface area contributed by atoms with Crippen molar-refractivity contribution in [3.8, 4) is 0 Å². The molecule has 0 atom stereocenters. The van der Waals surface area contributed by atoms with Crippen LogP contribution in [0.4, 0.5) is 0 Å². The number of amides is 1. The molecule has 0 aromatic rings. The normalized spacial score (nSPS) is 16.8. The molecule has 3 heteroatoms.